The molecular weight excluding hydrogens is 286 g/mol. The number of aromatic nitrogens is 1. The standard InChI is InChI=1S/C15H23N3O2S/c1-7-11-13(19)17-15(5,6)14(20)18(11)9(3)12-8(2)16-10(4)21-12/h9,11H,7H2,1-6H3,(H,17,19). The van der Waals surface area contributed by atoms with E-state index in [9.17, 15) is 9.59 Å². The first kappa shape index (κ1) is 15.9. The Morgan fingerprint density at radius 3 is 2.48 bits per heavy atom. The predicted molar refractivity (Wildman–Crippen MR) is 83.1 cm³/mol. The maximum absolute atomic E-state index is 12.8. The Hall–Kier alpha value is -1.43. The molecule has 1 aliphatic heterocycles. The summed E-state index contributed by atoms with van der Waals surface area (Å²) in [6.45, 7) is 11.3. The lowest BCUT2D eigenvalue weighted by Crippen LogP contribution is -2.68. The highest BCUT2D eigenvalue weighted by Crippen LogP contribution is 2.34. The average Bonchev–Trinajstić information content (AvgIpc) is 2.71. The smallest absolute Gasteiger partial charge is 0.248 e. The maximum atomic E-state index is 12.8. The molecule has 1 saturated heterocycles. The van der Waals surface area contributed by atoms with Gasteiger partial charge in [0.1, 0.15) is 11.6 Å². The second-order valence-electron chi connectivity index (χ2n) is 6.11. The van der Waals surface area contributed by atoms with E-state index >= 15 is 0 Å². The third-order valence-electron chi connectivity index (χ3n) is 3.97. The molecule has 2 atom stereocenters. The minimum atomic E-state index is -0.856. The van der Waals surface area contributed by atoms with E-state index in [0.29, 0.717) is 6.42 Å². The van der Waals surface area contributed by atoms with E-state index in [-0.39, 0.29) is 17.9 Å². The van der Waals surface area contributed by atoms with Gasteiger partial charge in [0.15, 0.2) is 0 Å². The van der Waals surface area contributed by atoms with E-state index in [2.05, 4.69) is 10.3 Å². The zero-order valence-corrected chi connectivity index (χ0v) is 14.3. The van der Waals surface area contributed by atoms with Gasteiger partial charge in [-0.25, -0.2) is 4.98 Å². The van der Waals surface area contributed by atoms with Crippen molar-refractivity contribution in [3.05, 3.63) is 15.6 Å². The molecule has 2 unspecified atom stereocenters. The van der Waals surface area contributed by atoms with E-state index in [1.807, 2.05) is 27.7 Å². The fraction of sp³-hybridized carbons (Fsp3) is 0.667. The molecule has 0 radical (unpaired) electrons. The summed E-state index contributed by atoms with van der Waals surface area (Å²) < 4.78 is 0. The first-order valence-corrected chi connectivity index (χ1v) is 8.09. The van der Waals surface area contributed by atoms with Gasteiger partial charge in [-0.05, 0) is 41.0 Å². The average molecular weight is 309 g/mol. The number of hydrogen-bond acceptors (Lipinski definition) is 4. The maximum Gasteiger partial charge on any atom is 0.248 e. The van der Waals surface area contributed by atoms with Gasteiger partial charge in [-0.15, -0.1) is 11.3 Å². The van der Waals surface area contributed by atoms with Crippen LogP contribution < -0.4 is 5.32 Å². The zero-order valence-electron chi connectivity index (χ0n) is 13.5. The first-order chi connectivity index (χ1) is 9.69. The Morgan fingerprint density at radius 1 is 1.38 bits per heavy atom. The Morgan fingerprint density at radius 2 is 2.00 bits per heavy atom. The van der Waals surface area contributed by atoms with Crippen LogP contribution in [0.25, 0.3) is 0 Å². The largest absolute Gasteiger partial charge is 0.340 e. The molecule has 1 N–H and O–H groups in total. The molecule has 5 nitrogen and oxygen atoms in total. The summed E-state index contributed by atoms with van der Waals surface area (Å²) >= 11 is 1.60. The Bertz CT molecular complexity index is 579. The van der Waals surface area contributed by atoms with E-state index in [1.54, 1.807) is 30.1 Å². The molecule has 0 aromatic carbocycles. The van der Waals surface area contributed by atoms with Gasteiger partial charge in [-0.1, -0.05) is 6.92 Å². The third-order valence-corrected chi connectivity index (χ3v) is 5.21. The van der Waals surface area contributed by atoms with Crippen LogP contribution in [0.5, 0.6) is 0 Å². The minimum Gasteiger partial charge on any atom is -0.340 e. The van der Waals surface area contributed by atoms with Gasteiger partial charge < -0.3 is 10.2 Å². The molecule has 116 valence electrons. The number of carbonyl (C=O) groups excluding carboxylic acids is 2. The van der Waals surface area contributed by atoms with Crippen LogP contribution >= 0.6 is 11.3 Å². The summed E-state index contributed by atoms with van der Waals surface area (Å²) in [7, 11) is 0. The molecule has 0 spiro atoms. The molecule has 1 fully saturated rings. The summed E-state index contributed by atoms with van der Waals surface area (Å²) in [5.74, 6) is -0.111. The Kier molecular flexibility index (Phi) is 4.10. The van der Waals surface area contributed by atoms with E-state index in [4.69, 9.17) is 0 Å². The molecule has 21 heavy (non-hydrogen) atoms. The number of piperazine rings is 1. The third kappa shape index (κ3) is 2.69. The topological polar surface area (TPSA) is 62.3 Å². The van der Waals surface area contributed by atoms with Crippen molar-refractivity contribution < 1.29 is 9.59 Å². The van der Waals surface area contributed by atoms with Gasteiger partial charge in [-0.3, -0.25) is 9.59 Å². The molecule has 1 aromatic rings. The normalized spacial score (nSPS) is 23.1. The second-order valence-corrected chi connectivity index (χ2v) is 7.34. The van der Waals surface area contributed by atoms with Crippen LogP contribution in [0.2, 0.25) is 0 Å². The molecule has 2 rings (SSSR count). The van der Waals surface area contributed by atoms with Crippen molar-refractivity contribution in [1.82, 2.24) is 15.2 Å². The highest BCUT2D eigenvalue weighted by molar-refractivity contribution is 7.11. The number of nitrogens with zero attached hydrogens (tertiary/aromatic N) is 2. The SMILES string of the molecule is CCC1C(=O)NC(C)(C)C(=O)N1C(C)c1sc(C)nc1C. The number of rotatable bonds is 3. The summed E-state index contributed by atoms with van der Waals surface area (Å²) in [5.41, 5.74) is 0.0847. The first-order valence-electron chi connectivity index (χ1n) is 7.27. The number of thiazole rings is 1. The molecule has 6 heteroatoms. The molecule has 0 aliphatic carbocycles. The molecule has 0 bridgehead atoms. The Labute approximate surface area is 129 Å². The molecule has 0 saturated carbocycles. The Balaban J connectivity index is 2.44. The van der Waals surface area contributed by atoms with Gasteiger partial charge >= 0.3 is 0 Å². The van der Waals surface area contributed by atoms with Crippen LogP contribution in [0, 0.1) is 13.8 Å². The predicted octanol–water partition coefficient (Wildman–Crippen LogP) is 2.34. The number of nitrogens with one attached hydrogen (secondary N) is 1. The highest BCUT2D eigenvalue weighted by atomic mass is 32.1. The number of hydrogen-bond donors (Lipinski definition) is 1. The van der Waals surface area contributed by atoms with Crippen molar-refractivity contribution in [3.8, 4) is 0 Å². The van der Waals surface area contributed by atoms with Gasteiger partial charge in [-0.2, -0.15) is 0 Å². The summed E-state index contributed by atoms with van der Waals surface area (Å²) in [5, 5.41) is 3.80. The van der Waals surface area contributed by atoms with Crippen LogP contribution in [0.4, 0.5) is 0 Å². The van der Waals surface area contributed by atoms with E-state index in [0.717, 1.165) is 15.6 Å². The van der Waals surface area contributed by atoms with Crippen molar-refractivity contribution in [3.63, 3.8) is 0 Å². The monoisotopic (exact) mass is 309 g/mol. The molecule has 2 amide bonds. The quantitative estimate of drug-likeness (QED) is 0.932. The van der Waals surface area contributed by atoms with E-state index in [1.165, 1.54) is 0 Å². The fourth-order valence-electron chi connectivity index (χ4n) is 2.92. The van der Waals surface area contributed by atoms with Crippen LogP contribution in [-0.4, -0.2) is 33.3 Å². The number of amides is 2. The summed E-state index contributed by atoms with van der Waals surface area (Å²) in [4.78, 5) is 32.3. The second kappa shape index (κ2) is 5.40. The van der Waals surface area contributed by atoms with Crippen molar-refractivity contribution in [2.24, 2.45) is 0 Å². The van der Waals surface area contributed by atoms with Gasteiger partial charge in [0.2, 0.25) is 11.8 Å². The molecular formula is C15H23N3O2S. The number of aryl methyl sites for hydroxylation is 2. The summed E-state index contributed by atoms with van der Waals surface area (Å²) in [6, 6.07) is -0.554. The van der Waals surface area contributed by atoms with Crippen LogP contribution in [0.1, 0.15) is 55.7 Å². The molecule has 2 heterocycles. The van der Waals surface area contributed by atoms with Crippen LogP contribution in [0.15, 0.2) is 0 Å². The van der Waals surface area contributed by atoms with Crippen LogP contribution in [-0.2, 0) is 9.59 Å². The molecule has 1 aliphatic rings. The minimum absolute atomic E-state index is 0.0353. The zero-order chi connectivity index (χ0) is 15.9. The van der Waals surface area contributed by atoms with Crippen LogP contribution in [0.3, 0.4) is 0 Å². The van der Waals surface area contributed by atoms with Gasteiger partial charge in [0.25, 0.3) is 0 Å². The molecule has 1 aromatic heterocycles. The fourth-order valence-corrected chi connectivity index (χ4v) is 3.90. The summed E-state index contributed by atoms with van der Waals surface area (Å²) in [6.07, 6.45) is 0.606. The lowest BCUT2D eigenvalue weighted by molar-refractivity contribution is -0.156. The van der Waals surface area contributed by atoms with Crippen molar-refractivity contribution in [2.75, 3.05) is 0 Å². The van der Waals surface area contributed by atoms with Gasteiger partial charge in [0, 0.05) is 4.88 Å². The van der Waals surface area contributed by atoms with E-state index < -0.39 is 11.6 Å². The lowest BCUT2D eigenvalue weighted by Gasteiger charge is -2.45. The van der Waals surface area contributed by atoms with Gasteiger partial charge in [0.05, 0.1) is 16.7 Å². The van der Waals surface area contributed by atoms with Crippen molar-refractivity contribution in [1.29, 1.82) is 0 Å². The highest BCUT2D eigenvalue weighted by Gasteiger charge is 2.46. The lowest BCUT2D eigenvalue weighted by atomic mass is 9.93. The van der Waals surface area contributed by atoms with Crippen molar-refractivity contribution in [2.45, 2.75) is 65.6 Å². The number of carbonyl (C=O) groups is 2. The van der Waals surface area contributed by atoms with Crippen molar-refractivity contribution >= 4 is 23.2 Å².